The van der Waals surface area contributed by atoms with Gasteiger partial charge in [0.2, 0.25) is 0 Å². The van der Waals surface area contributed by atoms with Crippen LogP contribution in [0.3, 0.4) is 0 Å². The quantitative estimate of drug-likeness (QED) is 0.0341. The van der Waals surface area contributed by atoms with Gasteiger partial charge in [0, 0.05) is 103 Å². The molecule has 0 saturated heterocycles. The van der Waals surface area contributed by atoms with Gasteiger partial charge in [-0.05, 0) is 83.3 Å². The first-order valence-corrected chi connectivity index (χ1v) is 23.9. The Labute approximate surface area is 424 Å². The Morgan fingerprint density at radius 2 is 1.04 bits per heavy atom. The molecule has 0 aliphatic rings. The summed E-state index contributed by atoms with van der Waals surface area (Å²) >= 11 is 13.7. The van der Waals surface area contributed by atoms with Crippen molar-refractivity contribution in [1.29, 1.82) is 5.41 Å². The van der Waals surface area contributed by atoms with Crippen molar-refractivity contribution in [2.24, 2.45) is 16.8 Å². The van der Waals surface area contributed by atoms with Crippen LogP contribution in [0.2, 0.25) is 10.0 Å². The molecule has 372 valence electrons. The fourth-order valence-corrected chi connectivity index (χ4v) is 8.42. The SMILES string of the molecule is C/N=C/c1cncc(COc2cc(OCc3cccc(-c4cccc(COc5cc(OCc6cncc(C=N)c6)c(CNC(C(=O)O)C(C)C)cc5Cl)c4C)c3C)c(Cl)cc2CNC(C(=O)O)C(C)C)c1. The third-order valence-corrected chi connectivity index (χ3v) is 12.5. The fraction of sp³-hybridized carbons (Fsp3) is 0.309. The van der Waals surface area contributed by atoms with Gasteiger partial charge in [-0.2, -0.15) is 0 Å². The zero-order valence-electron chi connectivity index (χ0n) is 40.9. The number of benzene rings is 4. The van der Waals surface area contributed by atoms with E-state index in [1.807, 2.05) is 71.0 Å². The van der Waals surface area contributed by atoms with Crippen LogP contribution in [0, 0.1) is 31.1 Å². The molecule has 2 atom stereocenters. The van der Waals surface area contributed by atoms with Crippen LogP contribution in [0.4, 0.5) is 0 Å². The number of aromatic nitrogens is 2. The summed E-state index contributed by atoms with van der Waals surface area (Å²) in [6.07, 6.45) is 9.61. The summed E-state index contributed by atoms with van der Waals surface area (Å²) in [5.74, 6) is -0.493. The lowest BCUT2D eigenvalue weighted by atomic mass is 9.92. The lowest BCUT2D eigenvalue weighted by molar-refractivity contribution is -0.141. The second-order valence-electron chi connectivity index (χ2n) is 17.8. The first-order valence-electron chi connectivity index (χ1n) is 23.1. The van der Waals surface area contributed by atoms with E-state index in [0.29, 0.717) is 49.7 Å². The van der Waals surface area contributed by atoms with Gasteiger partial charge in [-0.3, -0.25) is 35.2 Å². The Morgan fingerprint density at radius 1 is 0.620 bits per heavy atom. The van der Waals surface area contributed by atoms with Crippen LogP contribution in [-0.2, 0) is 49.1 Å². The van der Waals surface area contributed by atoms with Crippen LogP contribution >= 0.6 is 23.2 Å². The maximum Gasteiger partial charge on any atom is 0.320 e. The summed E-state index contributed by atoms with van der Waals surface area (Å²) in [6, 6.07) is 21.2. The van der Waals surface area contributed by atoms with Crippen molar-refractivity contribution < 1.29 is 38.7 Å². The number of hydrogen-bond acceptors (Lipinski definition) is 12. The highest BCUT2D eigenvalue weighted by atomic mass is 35.5. The molecular weight excluding hydrogens is 944 g/mol. The van der Waals surface area contributed by atoms with Crippen molar-refractivity contribution in [3.63, 3.8) is 0 Å². The first-order chi connectivity index (χ1) is 34.1. The van der Waals surface area contributed by atoms with Crippen molar-refractivity contribution in [2.75, 3.05) is 7.05 Å². The monoisotopic (exact) mass is 1000 g/mol. The van der Waals surface area contributed by atoms with Crippen LogP contribution < -0.4 is 29.6 Å². The highest BCUT2D eigenvalue weighted by Crippen LogP contribution is 2.38. The van der Waals surface area contributed by atoms with Crippen molar-refractivity contribution in [3.05, 3.63) is 163 Å². The second kappa shape index (κ2) is 25.3. The molecule has 0 saturated carbocycles. The average Bonchev–Trinajstić information content (AvgIpc) is 3.33. The minimum Gasteiger partial charge on any atom is -0.488 e. The van der Waals surface area contributed by atoms with Crippen LogP contribution in [0.5, 0.6) is 23.0 Å². The lowest BCUT2D eigenvalue weighted by Gasteiger charge is -2.21. The van der Waals surface area contributed by atoms with Crippen molar-refractivity contribution in [3.8, 4) is 34.1 Å². The molecule has 16 heteroatoms. The third kappa shape index (κ3) is 14.4. The van der Waals surface area contributed by atoms with Crippen molar-refractivity contribution in [1.82, 2.24) is 20.6 Å². The number of halogens is 2. The number of ether oxygens (including phenoxy) is 4. The van der Waals surface area contributed by atoms with E-state index < -0.39 is 24.0 Å². The summed E-state index contributed by atoms with van der Waals surface area (Å²) in [5.41, 5.74) is 10.3. The number of rotatable bonds is 25. The molecule has 2 heterocycles. The number of carbonyl (C=O) groups is 2. The number of aliphatic carboxylic acids is 2. The number of aliphatic imine (C=N–C) groups is 1. The Bertz CT molecular complexity index is 2870. The summed E-state index contributed by atoms with van der Waals surface area (Å²) in [4.78, 5) is 36.6. The molecule has 6 rings (SSSR count). The molecule has 2 aromatic heterocycles. The summed E-state index contributed by atoms with van der Waals surface area (Å²) < 4.78 is 25.5. The molecule has 0 bridgehead atoms. The number of carboxylic acids is 2. The summed E-state index contributed by atoms with van der Waals surface area (Å²) in [6.45, 7) is 12.6. The van der Waals surface area contributed by atoms with Gasteiger partial charge in [-0.1, -0.05) is 87.3 Å². The molecule has 2 unspecified atom stereocenters. The van der Waals surface area contributed by atoms with E-state index in [-0.39, 0.29) is 51.4 Å². The van der Waals surface area contributed by atoms with E-state index in [1.165, 1.54) is 6.21 Å². The van der Waals surface area contributed by atoms with Gasteiger partial charge in [0.15, 0.2) is 0 Å². The third-order valence-electron chi connectivity index (χ3n) is 11.9. The Hall–Kier alpha value is -6.84. The highest BCUT2D eigenvalue weighted by molar-refractivity contribution is 6.32. The molecule has 0 spiro atoms. The Kier molecular flexibility index (Phi) is 19.1. The smallest absolute Gasteiger partial charge is 0.320 e. The van der Waals surface area contributed by atoms with Crippen LogP contribution in [0.1, 0.15) is 83.3 Å². The van der Waals surface area contributed by atoms with Gasteiger partial charge in [0.25, 0.3) is 0 Å². The van der Waals surface area contributed by atoms with Gasteiger partial charge < -0.3 is 34.6 Å². The minimum atomic E-state index is -0.955. The standard InChI is InChI=1S/C55H60Cl2N6O8/c1-32(2)52(54(64)65)62-26-42-16-46(56)50(18-48(42)68-28-38-14-36(20-58)22-60-24-38)70-30-40-10-8-12-44(34(40)5)45-13-9-11-41(35(45)6)31-71-51-19-49(69-29-39-15-37(21-59-7)23-61-25-39)43(17-47(51)57)27-63-53(33(3)4)55(66)67/h8-25,32-33,52-53,58,62-63H,26-31H2,1-7H3,(H,64,65)(H,66,67)/b58-20?,59-21+. The van der Waals surface area contributed by atoms with E-state index in [4.69, 9.17) is 47.6 Å². The normalized spacial score (nSPS) is 12.3. The molecule has 0 aliphatic carbocycles. The number of carboxylic acid groups (broad SMARTS) is 2. The fourth-order valence-electron chi connectivity index (χ4n) is 7.94. The molecule has 71 heavy (non-hydrogen) atoms. The number of nitrogens with zero attached hydrogens (tertiary/aromatic N) is 3. The van der Waals surface area contributed by atoms with E-state index in [2.05, 4.69) is 44.7 Å². The maximum atomic E-state index is 12.0. The topological polar surface area (TPSA) is 198 Å². The maximum absolute atomic E-state index is 12.0. The van der Waals surface area contributed by atoms with Crippen molar-refractivity contribution >= 4 is 47.6 Å². The van der Waals surface area contributed by atoms with Gasteiger partial charge >= 0.3 is 11.9 Å². The van der Waals surface area contributed by atoms with Gasteiger partial charge in [-0.15, -0.1) is 0 Å². The largest absolute Gasteiger partial charge is 0.488 e. The molecule has 0 amide bonds. The van der Waals surface area contributed by atoms with Gasteiger partial charge in [0.05, 0.1) is 10.0 Å². The van der Waals surface area contributed by atoms with Gasteiger partial charge in [-0.25, -0.2) is 0 Å². The average molecular weight is 1000 g/mol. The zero-order valence-corrected chi connectivity index (χ0v) is 42.4. The first kappa shape index (κ1) is 53.5. The number of hydrogen-bond donors (Lipinski definition) is 5. The highest BCUT2D eigenvalue weighted by Gasteiger charge is 2.24. The lowest BCUT2D eigenvalue weighted by Crippen LogP contribution is -2.40. The molecule has 4 aromatic carbocycles. The van der Waals surface area contributed by atoms with E-state index in [9.17, 15) is 19.8 Å². The molecule has 14 nitrogen and oxygen atoms in total. The Balaban J connectivity index is 1.21. The number of pyridine rings is 2. The molecule has 0 radical (unpaired) electrons. The number of nitrogens with one attached hydrogen (secondary N) is 3. The van der Waals surface area contributed by atoms with E-state index >= 15 is 0 Å². The minimum absolute atomic E-state index is 0.144. The van der Waals surface area contributed by atoms with Crippen LogP contribution in [-0.4, -0.2) is 63.7 Å². The second-order valence-corrected chi connectivity index (χ2v) is 18.6. The predicted molar refractivity (Wildman–Crippen MR) is 278 cm³/mol. The molecular formula is C55H60Cl2N6O8. The van der Waals surface area contributed by atoms with Crippen LogP contribution in [0.25, 0.3) is 11.1 Å². The van der Waals surface area contributed by atoms with Gasteiger partial charge in [0.1, 0.15) is 61.5 Å². The zero-order chi connectivity index (χ0) is 51.2. The predicted octanol–water partition coefficient (Wildman–Crippen LogP) is 10.8. The summed E-state index contributed by atoms with van der Waals surface area (Å²) in [5, 5.41) is 34.2. The van der Waals surface area contributed by atoms with E-state index in [1.54, 1.807) is 62.3 Å². The Morgan fingerprint density at radius 3 is 1.45 bits per heavy atom. The summed E-state index contributed by atoms with van der Waals surface area (Å²) in [7, 11) is 1.69. The van der Waals surface area contributed by atoms with E-state index in [0.717, 1.165) is 50.1 Å². The van der Waals surface area contributed by atoms with Crippen LogP contribution in [0.15, 0.2) is 103 Å². The molecule has 0 aliphatic heterocycles. The molecule has 0 fully saturated rings. The van der Waals surface area contributed by atoms with Crippen molar-refractivity contribution in [2.45, 2.75) is 93.1 Å². The molecule has 5 N–H and O–H groups in total. The molecule has 6 aromatic rings.